The lowest BCUT2D eigenvalue weighted by Crippen LogP contribution is -1.95. The van der Waals surface area contributed by atoms with Crippen LogP contribution in [0.2, 0.25) is 0 Å². The van der Waals surface area contributed by atoms with Crippen LogP contribution in [0.25, 0.3) is 32.9 Å². The summed E-state index contributed by atoms with van der Waals surface area (Å²) in [5, 5.41) is 14.4. The molecule has 4 rings (SSSR count). The fourth-order valence-corrected chi connectivity index (χ4v) is 3.23. The van der Waals surface area contributed by atoms with E-state index in [0.717, 1.165) is 34.1 Å². The van der Waals surface area contributed by atoms with Crippen molar-refractivity contribution < 1.29 is 4.92 Å². The molecule has 0 spiro atoms. The van der Waals surface area contributed by atoms with Crippen LogP contribution in [0.3, 0.4) is 0 Å². The molecule has 122 valence electrons. The van der Waals surface area contributed by atoms with Gasteiger partial charge in [0.15, 0.2) is 0 Å². The fraction of sp³-hybridized carbons (Fsp3) is 0.0952. The van der Waals surface area contributed by atoms with Gasteiger partial charge in [-0.1, -0.05) is 37.3 Å². The van der Waals surface area contributed by atoms with Crippen molar-refractivity contribution in [3.05, 3.63) is 82.4 Å². The van der Waals surface area contributed by atoms with E-state index in [1.807, 2.05) is 18.2 Å². The highest BCUT2D eigenvalue weighted by Crippen LogP contribution is 2.31. The van der Waals surface area contributed by atoms with Crippen LogP contribution in [0.4, 0.5) is 5.69 Å². The molecule has 4 nitrogen and oxygen atoms in total. The van der Waals surface area contributed by atoms with Crippen LogP contribution in [0.1, 0.15) is 12.5 Å². The minimum Gasteiger partial charge on any atom is -0.258 e. The predicted molar refractivity (Wildman–Crippen MR) is 101 cm³/mol. The summed E-state index contributed by atoms with van der Waals surface area (Å²) in [6.45, 7) is 2.10. The van der Waals surface area contributed by atoms with Gasteiger partial charge in [0.05, 0.1) is 16.1 Å². The first-order valence-electron chi connectivity index (χ1n) is 8.23. The van der Waals surface area contributed by atoms with Crippen molar-refractivity contribution in [2.45, 2.75) is 13.3 Å². The lowest BCUT2D eigenvalue weighted by molar-refractivity contribution is -0.384. The number of aryl methyl sites for hydroxylation is 1. The molecular weight excluding hydrogens is 312 g/mol. The number of fused-ring (bicyclic) bond motifs is 3. The number of aromatic nitrogens is 1. The van der Waals surface area contributed by atoms with E-state index in [0.29, 0.717) is 0 Å². The standard InChI is InChI=1S/C21H16N2O2/c1-2-14-13-19-18-6-4-3-5-15(18)9-12-20(19)22-21(14)16-7-10-17(11-8-16)23(24)25/h3-13H,2H2,1H3. The van der Waals surface area contributed by atoms with Gasteiger partial charge < -0.3 is 0 Å². The average molecular weight is 328 g/mol. The Morgan fingerprint density at radius 3 is 2.44 bits per heavy atom. The van der Waals surface area contributed by atoms with Gasteiger partial charge in [-0.05, 0) is 47.0 Å². The van der Waals surface area contributed by atoms with Crippen molar-refractivity contribution in [3.8, 4) is 11.3 Å². The van der Waals surface area contributed by atoms with Crippen LogP contribution >= 0.6 is 0 Å². The lowest BCUT2D eigenvalue weighted by Gasteiger charge is -2.11. The van der Waals surface area contributed by atoms with Crippen molar-refractivity contribution in [3.63, 3.8) is 0 Å². The Balaban J connectivity index is 1.94. The summed E-state index contributed by atoms with van der Waals surface area (Å²) in [6, 6.07) is 21.2. The van der Waals surface area contributed by atoms with Crippen molar-refractivity contribution in [1.82, 2.24) is 4.98 Å². The molecule has 0 saturated heterocycles. The van der Waals surface area contributed by atoms with Crippen molar-refractivity contribution >= 4 is 27.4 Å². The maximum absolute atomic E-state index is 10.9. The molecule has 4 heteroatoms. The molecule has 0 saturated carbocycles. The van der Waals surface area contributed by atoms with E-state index in [-0.39, 0.29) is 10.6 Å². The molecule has 4 aromatic rings. The second kappa shape index (κ2) is 5.98. The Kier molecular flexibility index (Phi) is 3.65. The van der Waals surface area contributed by atoms with Gasteiger partial charge in [0.1, 0.15) is 0 Å². The van der Waals surface area contributed by atoms with E-state index in [2.05, 4.69) is 31.2 Å². The molecule has 0 aliphatic rings. The van der Waals surface area contributed by atoms with Crippen LogP contribution in [-0.4, -0.2) is 9.91 Å². The molecule has 1 heterocycles. The van der Waals surface area contributed by atoms with E-state index in [4.69, 9.17) is 4.98 Å². The Bertz CT molecular complexity index is 1100. The van der Waals surface area contributed by atoms with Gasteiger partial charge in [-0.3, -0.25) is 10.1 Å². The van der Waals surface area contributed by atoms with Gasteiger partial charge in [-0.15, -0.1) is 0 Å². The Hall–Kier alpha value is -3.27. The summed E-state index contributed by atoms with van der Waals surface area (Å²) < 4.78 is 0. The minimum absolute atomic E-state index is 0.0913. The SMILES string of the molecule is CCc1cc2c(ccc3ccccc32)nc1-c1ccc([N+](=O)[O-])cc1. The van der Waals surface area contributed by atoms with Gasteiger partial charge >= 0.3 is 0 Å². The Labute approximate surface area is 144 Å². The van der Waals surface area contributed by atoms with Crippen molar-refractivity contribution in [1.29, 1.82) is 0 Å². The molecule has 25 heavy (non-hydrogen) atoms. The Morgan fingerprint density at radius 2 is 1.72 bits per heavy atom. The second-order valence-corrected chi connectivity index (χ2v) is 6.01. The maximum Gasteiger partial charge on any atom is 0.269 e. The molecule has 0 unspecified atom stereocenters. The number of nitro benzene ring substituents is 1. The van der Waals surface area contributed by atoms with Crippen molar-refractivity contribution in [2.24, 2.45) is 0 Å². The molecule has 1 aromatic heterocycles. The van der Waals surface area contributed by atoms with E-state index >= 15 is 0 Å². The summed E-state index contributed by atoms with van der Waals surface area (Å²) in [6.07, 6.45) is 0.846. The Morgan fingerprint density at radius 1 is 0.960 bits per heavy atom. The third-order valence-corrected chi connectivity index (χ3v) is 4.54. The van der Waals surface area contributed by atoms with Gasteiger partial charge in [-0.2, -0.15) is 0 Å². The highest BCUT2D eigenvalue weighted by Gasteiger charge is 2.12. The highest BCUT2D eigenvalue weighted by atomic mass is 16.6. The molecule has 0 aliphatic carbocycles. The predicted octanol–water partition coefficient (Wildman–Crippen LogP) is 5.53. The first-order valence-corrected chi connectivity index (χ1v) is 8.23. The third kappa shape index (κ3) is 2.62. The van der Waals surface area contributed by atoms with E-state index in [1.54, 1.807) is 12.1 Å². The molecule has 0 bridgehead atoms. The van der Waals surface area contributed by atoms with E-state index in [1.165, 1.54) is 22.9 Å². The number of benzene rings is 3. The van der Waals surface area contributed by atoms with Crippen LogP contribution in [0.15, 0.2) is 66.7 Å². The average Bonchev–Trinajstić information content (AvgIpc) is 2.66. The van der Waals surface area contributed by atoms with Gasteiger partial charge in [0, 0.05) is 23.1 Å². The first-order chi connectivity index (χ1) is 12.2. The molecular formula is C21H16N2O2. The summed E-state index contributed by atoms with van der Waals surface area (Å²) in [5.41, 5.74) is 3.95. The van der Waals surface area contributed by atoms with Crippen molar-refractivity contribution in [2.75, 3.05) is 0 Å². The molecule has 0 amide bonds. The van der Waals surface area contributed by atoms with Gasteiger partial charge in [0.25, 0.3) is 5.69 Å². The molecule has 0 N–H and O–H groups in total. The number of pyridine rings is 1. The lowest BCUT2D eigenvalue weighted by atomic mass is 9.98. The minimum atomic E-state index is -0.384. The number of hydrogen-bond donors (Lipinski definition) is 0. The number of nitrogens with zero attached hydrogens (tertiary/aromatic N) is 2. The monoisotopic (exact) mass is 328 g/mol. The smallest absolute Gasteiger partial charge is 0.258 e. The number of nitro groups is 1. The number of non-ortho nitro benzene ring substituents is 1. The molecule has 3 aromatic carbocycles. The highest BCUT2D eigenvalue weighted by molar-refractivity contribution is 6.06. The number of hydrogen-bond acceptors (Lipinski definition) is 3. The number of rotatable bonds is 3. The summed E-state index contributed by atoms with van der Waals surface area (Å²) in [7, 11) is 0. The van der Waals surface area contributed by atoms with Gasteiger partial charge in [-0.25, -0.2) is 4.98 Å². The molecule has 0 fully saturated rings. The summed E-state index contributed by atoms with van der Waals surface area (Å²) >= 11 is 0. The molecule has 0 radical (unpaired) electrons. The van der Waals surface area contributed by atoms with Crippen LogP contribution in [-0.2, 0) is 6.42 Å². The van der Waals surface area contributed by atoms with E-state index in [9.17, 15) is 10.1 Å². The first kappa shape index (κ1) is 15.3. The zero-order valence-electron chi connectivity index (χ0n) is 13.8. The summed E-state index contributed by atoms with van der Waals surface area (Å²) in [4.78, 5) is 15.3. The molecule has 0 atom stereocenters. The van der Waals surface area contributed by atoms with E-state index < -0.39 is 0 Å². The zero-order chi connectivity index (χ0) is 17.4. The largest absolute Gasteiger partial charge is 0.269 e. The third-order valence-electron chi connectivity index (χ3n) is 4.54. The van der Waals surface area contributed by atoms with Crippen LogP contribution in [0.5, 0.6) is 0 Å². The van der Waals surface area contributed by atoms with Crippen LogP contribution < -0.4 is 0 Å². The normalized spacial score (nSPS) is 11.1. The summed E-state index contributed by atoms with van der Waals surface area (Å²) in [5.74, 6) is 0. The fourth-order valence-electron chi connectivity index (χ4n) is 3.23. The quantitative estimate of drug-likeness (QED) is 0.282. The van der Waals surface area contributed by atoms with Gasteiger partial charge in [0.2, 0.25) is 0 Å². The van der Waals surface area contributed by atoms with Crippen LogP contribution in [0, 0.1) is 10.1 Å². The zero-order valence-corrected chi connectivity index (χ0v) is 13.8. The molecule has 0 aliphatic heterocycles. The topological polar surface area (TPSA) is 56.0 Å². The maximum atomic E-state index is 10.9. The second-order valence-electron chi connectivity index (χ2n) is 6.01.